The maximum Gasteiger partial charge on any atom is 0.292 e. The number of nitro benzene ring substituents is 1. The molecule has 0 unspecified atom stereocenters. The number of nitrogens with zero attached hydrogens (tertiary/aromatic N) is 3. The Bertz CT molecular complexity index is 634. The van der Waals surface area contributed by atoms with Crippen LogP contribution in [0.25, 0.3) is 0 Å². The fourth-order valence-electron chi connectivity index (χ4n) is 1.79. The first-order chi connectivity index (χ1) is 9.61. The number of aryl methyl sites for hydroxylation is 1. The highest BCUT2D eigenvalue weighted by atomic mass is 32.2. The van der Waals surface area contributed by atoms with Crippen LogP contribution in [0.5, 0.6) is 0 Å². The smallest absolute Gasteiger partial charge is 0.292 e. The Labute approximate surface area is 120 Å². The van der Waals surface area contributed by atoms with E-state index in [-0.39, 0.29) is 10.6 Å². The van der Waals surface area contributed by atoms with Crippen molar-refractivity contribution in [2.45, 2.75) is 17.8 Å². The molecule has 1 aromatic carbocycles. The van der Waals surface area contributed by atoms with Gasteiger partial charge in [-0.3, -0.25) is 10.1 Å². The summed E-state index contributed by atoms with van der Waals surface area (Å²) >= 11 is 1.45. The fraction of sp³-hybridized carbons (Fsp3) is 0.231. The van der Waals surface area contributed by atoms with E-state index in [9.17, 15) is 10.1 Å². The standard InChI is InChI=1S/C13H14N4O2S/c1-9-6-7-15-13(16-9)20-8-10-4-3-5-11(17(18)19)12(10)14-2/h3-7,14H,8H2,1-2H3. The Morgan fingerprint density at radius 1 is 1.40 bits per heavy atom. The van der Waals surface area contributed by atoms with Crippen molar-refractivity contribution in [1.82, 2.24) is 9.97 Å². The lowest BCUT2D eigenvalue weighted by molar-refractivity contribution is -0.384. The second kappa shape index (κ2) is 6.33. The van der Waals surface area contributed by atoms with Gasteiger partial charge in [0.25, 0.3) is 5.69 Å². The third-order valence-electron chi connectivity index (χ3n) is 2.70. The van der Waals surface area contributed by atoms with Gasteiger partial charge in [0.2, 0.25) is 0 Å². The van der Waals surface area contributed by atoms with Gasteiger partial charge in [-0.2, -0.15) is 0 Å². The normalized spacial score (nSPS) is 10.3. The number of nitro groups is 1. The highest BCUT2D eigenvalue weighted by Gasteiger charge is 2.16. The second-order valence-electron chi connectivity index (χ2n) is 4.09. The Balaban J connectivity index is 2.21. The number of hydrogen-bond donors (Lipinski definition) is 1. The topological polar surface area (TPSA) is 81.0 Å². The molecule has 0 aliphatic carbocycles. The molecule has 0 aliphatic rings. The minimum atomic E-state index is -0.386. The monoisotopic (exact) mass is 290 g/mol. The Kier molecular flexibility index (Phi) is 4.52. The average molecular weight is 290 g/mol. The first-order valence-corrected chi connectivity index (χ1v) is 6.97. The van der Waals surface area contributed by atoms with Crippen LogP contribution in [0, 0.1) is 17.0 Å². The lowest BCUT2D eigenvalue weighted by Crippen LogP contribution is -2.00. The van der Waals surface area contributed by atoms with Crippen LogP contribution in [0.1, 0.15) is 11.3 Å². The van der Waals surface area contributed by atoms with Crippen molar-refractivity contribution >= 4 is 23.1 Å². The number of para-hydroxylation sites is 1. The first kappa shape index (κ1) is 14.3. The van der Waals surface area contributed by atoms with E-state index in [4.69, 9.17) is 0 Å². The third-order valence-corrected chi connectivity index (χ3v) is 3.62. The van der Waals surface area contributed by atoms with E-state index >= 15 is 0 Å². The summed E-state index contributed by atoms with van der Waals surface area (Å²) in [6.45, 7) is 1.90. The maximum absolute atomic E-state index is 11.0. The quantitative estimate of drug-likeness (QED) is 0.394. The van der Waals surface area contributed by atoms with Gasteiger partial charge in [0.05, 0.1) is 4.92 Å². The van der Waals surface area contributed by atoms with Gasteiger partial charge >= 0.3 is 0 Å². The summed E-state index contributed by atoms with van der Waals surface area (Å²) in [5.74, 6) is 0.571. The molecule has 0 spiro atoms. The molecule has 6 nitrogen and oxygen atoms in total. The minimum absolute atomic E-state index is 0.0794. The molecule has 0 saturated heterocycles. The van der Waals surface area contributed by atoms with Crippen LogP contribution in [0.3, 0.4) is 0 Å². The first-order valence-electron chi connectivity index (χ1n) is 5.98. The van der Waals surface area contributed by atoms with Gasteiger partial charge in [0.15, 0.2) is 5.16 Å². The van der Waals surface area contributed by atoms with Gasteiger partial charge in [0.1, 0.15) is 5.69 Å². The van der Waals surface area contributed by atoms with Crippen molar-refractivity contribution in [2.75, 3.05) is 12.4 Å². The molecule has 7 heteroatoms. The zero-order valence-corrected chi connectivity index (χ0v) is 12.0. The number of nitrogens with one attached hydrogen (secondary N) is 1. The van der Waals surface area contributed by atoms with Crippen LogP contribution >= 0.6 is 11.8 Å². The number of thioether (sulfide) groups is 1. The molecule has 0 bridgehead atoms. The summed E-state index contributed by atoms with van der Waals surface area (Å²) < 4.78 is 0. The lowest BCUT2D eigenvalue weighted by Gasteiger charge is -2.08. The van der Waals surface area contributed by atoms with E-state index in [1.54, 1.807) is 19.3 Å². The van der Waals surface area contributed by atoms with E-state index < -0.39 is 0 Å². The number of hydrogen-bond acceptors (Lipinski definition) is 6. The predicted molar refractivity (Wildman–Crippen MR) is 79.0 cm³/mol. The maximum atomic E-state index is 11.0. The molecule has 1 N–H and O–H groups in total. The predicted octanol–water partition coefficient (Wildman–Crippen LogP) is 3.03. The van der Waals surface area contributed by atoms with E-state index in [1.165, 1.54) is 17.8 Å². The molecule has 0 radical (unpaired) electrons. The molecule has 1 heterocycles. The molecule has 0 aliphatic heterocycles. The highest BCUT2D eigenvalue weighted by molar-refractivity contribution is 7.98. The summed E-state index contributed by atoms with van der Waals surface area (Å²) in [5.41, 5.74) is 2.38. The summed E-state index contributed by atoms with van der Waals surface area (Å²) in [6.07, 6.45) is 1.71. The van der Waals surface area contributed by atoms with Gasteiger partial charge in [-0.25, -0.2) is 9.97 Å². The van der Waals surface area contributed by atoms with Crippen molar-refractivity contribution in [1.29, 1.82) is 0 Å². The average Bonchev–Trinajstić information content (AvgIpc) is 2.44. The van der Waals surface area contributed by atoms with Crippen molar-refractivity contribution in [3.8, 4) is 0 Å². The molecule has 0 saturated carbocycles. The van der Waals surface area contributed by atoms with Gasteiger partial charge < -0.3 is 5.32 Å². The lowest BCUT2D eigenvalue weighted by atomic mass is 10.1. The van der Waals surface area contributed by atoms with Gasteiger partial charge in [-0.1, -0.05) is 23.9 Å². The van der Waals surface area contributed by atoms with Crippen LogP contribution in [0.4, 0.5) is 11.4 Å². The fourth-order valence-corrected chi connectivity index (χ4v) is 2.65. The number of aromatic nitrogens is 2. The van der Waals surface area contributed by atoms with Crippen molar-refractivity contribution in [3.05, 3.63) is 51.8 Å². The minimum Gasteiger partial charge on any atom is -0.382 e. The van der Waals surface area contributed by atoms with Crippen LogP contribution in [-0.4, -0.2) is 21.9 Å². The van der Waals surface area contributed by atoms with Gasteiger partial charge in [-0.15, -0.1) is 0 Å². The van der Waals surface area contributed by atoms with Crippen LogP contribution < -0.4 is 5.32 Å². The Morgan fingerprint density at radius 2 is 2.20 bits per heavy atom. The Morgan fingerprint density at radius 3 is 2.85 bits per heavy atom. The molecular weight excluding hydrogens is 276 g/mol. The Hall–Kier alpha value is -2.15. The molecule has 0 fully saturated rings. The molecular formula is C13H14N4O2S. The third kappa shape index (κ3) is 3.24. The molecule has 0 atom stereocenters. The zero-order chi connectivity index (χ0) is 14.5. The van der Waals surface area contributed by atoms with E-state index in [2.05, 4.69) is 15.3 Å². The van der Waals surface area contributed by atoms with Crippen molar-refractivity contribution in [3.63, 3.8) is 0 Å². The SMILES string of the molecule is CNc1c(CSc2nccc(C)n2)cccc1[N+](=O)[O-]. The van der Waals surface area contributed by atoms with Crippen LogP contribution in [-0.2, 0) is 5.75 Å². The molecule has 2 aromatic rings. The van der Waals surface area contributed by atoms with E-state index in [0.717, 1.165) is 11.3 Å². The highest BCUT2D eigenvalue weighted by Crippen LogP contribution is 2.31. The molecule has 20 heavy (non-hydrogen) atoms. The molecule has 0 amide bonds. The summed E-state index contributed by atoms with van der Waals surface area (Å²) in [4.78, 5) is 19.1. The number of benzene rings is 1. The molecule has 2 rings (SSSR count). The van der Waals surface area contributed by atoms with Gasteiger partial charge in [0, 0.05) is 30.8 Å². The molecule has 1 aromatic heterocycles. The van der Waals surface area contributed by atoms with Crippen molar-refractivity contribution in [2.24, 2.45) is 0 Å². The van der Waals surface area contributed by atoms with Crippen LogP contribution in [0.15, 0.2) is 35.6 Å². The summed E-state index contributed by atoms with van der Waals surface area (Å²) in [5, 5.41) is 14.5. The number of anilines is 1. The molecule has 104 valence electrons. The second-order valence-corrected chi connectivity index (χ2v) is 5.03. The van der Waals surface area contributed by atoms with E-state index in [0.29, 0.717) is 16.6 Å². The zero-order valence-electron chi connectivity index (χ0n) is 11.2. The summed E-state index contributed by atoms with van der Waals surface area (Å²) in [6, 6.07) is 6.87. The van der Waals surface area contributed by atoms with Crippen LogP contribution in [0.2, 0.25) is 0 Å². The summed E-state index contributed by atoms with van der Waals surface area (Å²) in [7, 11) is 1.68. The largest absolute Gasteiger partial charge is 0.382 e. The number of rotatable bonds is 5. The van der Waals surface area contributed by atoms with Gasteiger partial charge in [-0.05, 0) is 18.6 Å². The van der Waals surface area contributed by atoms with E-state index in [1.807, 2.05) is 19.1 Å². The van der Waals surface area contributed by atoms with Crippen molar-refractivity contribution < 1.29 is 4.92 Å².